The summed E-state index contributed by atoms with van der Waals surface area (Å²) in [5, 5.41) is 0. The molecule has 5 heteroatoms. The second kappa shape index (κ2) is 6.00. The highest BCUT2D eigenvalue weighted by Crippen LogP contribution is 2.23. The summed E-state index contributed by atoms with van der Waals surface area (Å²) < 4.78 is 10.3. The predicted molar refractivity (Wildman–Crippen MR) is 67.9 cm³/mol. The SMILES string of the molecule is CCC(C)(I)OCCOC(=O)C(C)(C)N. The van der Waals surface area contributed by atoms with Crippen molar-refractivity contribution in [2.45, 2.75) is 43.3 Å². The monoisotopic (exact) mass is 329 g/mol. The van der Waals surface area contributed by atoms with E-state index in [2.05, 4.69) is 22.6 Å². The molecule has 2 N–H and O–H groups in total. The van der Waals surface area contributed by atoms with E-state index in [0.717, 1.165) is 6.42 Å². The highest BCUT2D eigenvalue weighted by molar-refractivity contribution is 14.1. The van der Waals surface area contributed by atoms with Gasteiger partial charge in [0.2, 0.25) is 0 Å². The largest absolute Gasteiger partial charge is 0.462 e. The number of carbonyl (C=O) groups excluding carboxylic acids is 1. The summed E-state index contributed by atoms with van der Waals surface area (Å²) in [5.41, 5.74) is 4.62. The highest BCUT2D eigenvalue weighted by atomic mass is 127. The lowest BCUT2D eigenvalue weighted by molar-refractivity contribution is -0.151. The molecule has 0 saturated heterocycles. The molecule has 0 aliphatic carbocycles. The Morgan fingerprint density at radius 1 is 1.33 bits per heavy atom. The first-order valence-electron chi connectivity index (χ1n) is 4.98. The summed E-state index contributed by atoms with van der Waals surface area (Å²) in [6.07, 6.45) is 0.907. The smallest absolute Gasteiger partial charge is 0.325 e. The molecule has 0 heterocycles. The third kappa shape index (κ3) is 7.08. The fraction of sp³-hybridized carbons (Fsp3) is 0.900. The molecule has 1 atom stereocenters. The third-order valence-electron chi connectivity index (χ3n) is 1.88. The van der Waals surface area contributed by atoms with Crippen LogP contribution in [-0.4, -0.2) is 28.3 Å². The van der Waals surface area contributed by atoms with E-state index in [1.54, 1.807) is 13.8 Å². The lowest BCUT2D eigenvalue weighted by Gasteiger charge is -2.22. The van der Waals surface area contributed by atoms with Gasteiger partial charge in [-0.25, -0.2) is 0 Å². The zero-order chi connectivity index (χ0) is 12.1. The molecule has 15 heavy (non-hydrogen) atoms. The van der Waals surface area contributed by atoms with E-state index in [9.17, 15) is 4.79 Å². The van der Waals surface area contributed by atoms with Crippen molar-refractivity contribution in [3.8, 4) is 0 Å². The van der Waals surface area contributed by atoms with Crippen molar-refractivity contribution in [1.82, 2.24) is 0 Å². The van der Waals surface area contributed by atoms with Gasteiger partial charge in [0.15, 0.2) is 0 Å². The second-order valence-corrected chi connectivity index (χ2v) is 6.44. The number of rotatable bonds is 6. The molecule has 0 amide bonds. The minimum Gasteiger partial charge on any atom is -0.462 e. The topological polar surface area (TPSA) is 61.5 Å². The van der Waals surface area contributed by atoms with E-state index in [1.165, 1.54) is 0 Å². The molecule has 0 aliphatic rings. The van der Waals surface area contributed by atoms with E-state index in [0.29, 0.717) is 6.61 Å². The molecule has 0 spiro atoms. The summed E-state index contributed by atoms with van der Waals surface area (Å²) in [4.78, 5) is 11.3. The second-order valence-electron chi connectivity index (χ2n) is 4.16. The van der Waals surface area contributed by atoms with Crippen molar-refractivity contribution in [2.24, 2.45) is 5.73 Å². The lowest BCUT2D eigenvalue weighted by atomic mass is 10.1. The Morgan fingerprint density at radius 3 is 2.27 bits per heavy atom. The van der Waals surface area contributed by atoms with Gasteiger partial charge in [0.05, 0.1) is 6.61 Å². The molecule has 0 rings (SSSR count). The van der Waals surface area contributed by atoms with Crippen molar-refractivity contribution < 1.29 is 14.3 Å². The van der Waals surface area contributed by atoms with Crippen LogP contribution in [0.3, 0.4) is 0 Å². The first-order chi connectivity index (χ1) is 6.69. The van der Waals surface area contributed by atoms with Crippen molar-refractivity contribution in [2.75, 3.05) is 13.2 Å². The predicted octanol–water partition coefficient (Wildman–Crippen LogP) is 1.84. The van der Waals surface area contributed by atoms with Gasteiger partial charge in [0.25, 0.3) is 0 Å². The zero-order valence-corrected chi connectivity index (χ0v) is 12.0. The number of hydrogen-bond donors (Lipinski definition) is 1. The van der Waals surface area contributed by atoms with Gasteiger partial charge in [-0.2, -0.15) is 0 Å². The van der Waals surface area contributed by atoms with Gasteiger partial charge in [-0.15, -0.1) is 0 Å². The van der Waals surface area contributed by atoms with Crippen LogP contribution in [0.4, 0.5) is 0 Å². The molecule has 0 aromatic heterocycles. The molecule has 0 aromatic rings. The number of hydrogen-bond acceptors (Lipinski definition) is 4. The van der Waals surface area contributed by atoms with E-state index in [-0.39, 0.29) is 10.2 Å². The molecular weight excluding hydrogens is 309 g/mol. The Balaban J connectivity index is 3.69. The number of halogens is 1. The van der Waals surface area contributed by atoms with Crippen molar-refractivity contribution >= 4 is 28.6 Å². The fourth-order valence-electron chi connectivity index (χ4n) is 0.677. The van der Waals surface area contributed by atoms with Gasteiger partial charge < -0.3 is 15.2 Å². The Morgan fingerprint density at radius 2 is 1.87 bits per heavy atom. The van der Waals surface area contributed by atoms with Crippen LogP contribution in [0.25, 0.3) is 0 Å². The molecule has 0 aliphatic heterocycles. The number of alkyl halides is 1. The van der Waals surface area contributed by atoms with Gasteiger partial charge in [-0.05, 0) is 49.8 Å². The summed E-state index contributed by atoms with van der Waals surface area (Å²) in [7, 11) is 0. The van der Waals surface area contributed by atoms with E-state index < -0.39 is 11.5 Å². The van der Waals surface area contributed by atoms with Crippen LogP contribution in [-0.2, 0) is 14.3 Å². The standard InChI is InChI=1S/C10H20INO3/c1-5-10(4,11)15-7-6-14-8(13)9(2,3)12/h5-7,12H2,1-4H3. The third-order valence-corrected chi connectivity index (χ3v) is 2.95. The van der Waals surface area contributed by atoms with Crippen LogP contribution in [0.1, 0.15) is 34.1 Å². The maximum Gasteiger partial charge on any atom is 0.325 e. The zero-order valence-electron chi connectivity index (χ0n) is 9.80. The Hall–Kier alpha value is 0.120. The van der Waals surface area contributed by atoms with E-state index >= 15 is 0 Å². The average Bonchev–Trinajstić information content (AvgIpc) is 2.10. The molecule has 1 unspecified atom stereocenters. The minimum absolute atomic E-state index is 0.192. The molecule has 0 fully saturated rings. The highest BCUT2D eigenvalue weighted by Gasteiger charge is 2.24. The van der Waals surface area contributed by atoms with Crippen LogP contribution < -0.4 is 5.73 Å². The molecule has 4 nitrogen and oxygen atoms in total. The number of ether oxygens (including phenoxy) is 2. The Labute approximate surface area is 105 Å². The van der Waals surface area contributed by atoms with Crippen LogP contribution in [0.5, 0.6) is 0 Å². The minimum atomic E-state index is -0.932. The van der Waals surface area contributed by atoms with Gasteiger partial charge in [0, 0.05) is 0 Å². The first-order valence-corrected chi connectivity index (χ1v) is 6.06. The summed E-state index contributed by atoms with van der Waals surface area (Å²) in [6.45, 7) is 7.91. The van der Waals surface area contributed by atoms with Crippen molar-refractivity contribution in [3.63, 3.8) is 0 Å². The average molecular weight is 329 g/mol. The van der Waals surface area contributed by atoms with Crippen molar-refractivity contribution in [1.29, 1.82) is 0 Å². The van der Waals surface area contributed by atoms with E-state index in [4.69, 9.17) is 15.2 Å². The fourth-order valence-corrected chi connectivity index (χ4v) is 0.897. The number of carbonyl (C=O) groups is 1. The molecule has 0 radical (unpaired) electrons. The van der Waals surface area contributed by atoms with Crippen LogP contribution >= 0.6 is 22.6 Å². The summed E-state index contributed by atoms with van der Waals surface area (Å²) in [5.74, 6) is -0.405. The molecule has 90 valence electrons. The van der Waals surface area contributed by atoms with Crippen LogP contribution in [0, 0.1) is 0 Å². The number of nitrogens with two attached hydrogens (primary N) is 1. The first kappa shape index (κ1) is 15.1. The van der Waals surface area contributed by atoms with Gasteiger partial charge >= 0.3 is 5.97 Å². The maximum absolute atomic E-state index is 11.3. The van der Waals surface area contributed by atoms with E-state index in [1.807, 2.05) is 13.8 Å². The maximum atomic E-state index is 11.3. The molecule has 0 bridgehead atoms. The van der Waals surface area contributed by atoms with Crippen LogP contribution in [0.2, 0.25) is 0 Å². The Bertz CT molecular complexity index is 211. The molecular formula is C10H20INO3. The lowest BCUT2D eigenvalue weighted by Crippen LogP contribution is -2.43. The molecule has 0 aromatic carbocycles. The van der Waals surface area contributed by atoms with Gasteiger partial charge in [-0.1, -0.05) is 6.92 Å². The quantitative estimate of drug-likeness (QED) is 0.350. The summed E-state index contributed by atoms with van der Waals surface area (Å²) in [6, 6.07) is 0. The van der Waals surface area contributed by atoms with Crippen LogP contribution in [0.15, 0.2) is 0 Å². The normalized spacial score (nSPS) is 15.9. The van der Waals surface area contributed by atoms with Gasteiger partial charge in [0.1, 0.15) is 15.8 Å². The summed E-state index contributed by atoms with van der Waals surface area (Å²) >= 11 is 2.23. The van der Waals surface area contributed by atoms with Gasteiger partial charge in [-0.3, -0.25) is 4.79 Å². The van der Waals surface area contributed by atoms with Crippen molar-refractivity contribution in [3.05, 3.63) is 0 Å². The number of esters is 1. The Kier molecular flexibility index (Phi) is 6.05. The molecule has 0 saturated carbocycles.